The molecule has 2 nitrogen and oxygen atoms in total. The summed E-state index contributed by atoms with van der Waals surface area (Å²) in [5.74, 6) is 1.13. The van der Waals surface area contributed by atoms with E-state index in [2.05, 4.69) is 5.32 Å². The van der Waals surface area contributed by atoms with Crippen molar-refractivity contribution in [2.75, 3.05) is 5.75 Å². The molecule has 0 aliphatic carbocycles. The van der Waals surface area contributed by atoms with Gasteiger partial charge < -0.3 is 10.4 Å². The molecule has 20 heavy (non-hydrogen) atoms. The first-order valence-corrected chi connectivity index (χ1v) is 7.65. The summed E-state index contributed by atoms with van der Waals surface area (Å²) in [5.41, 5.74) is 1.89. The van der Waals surface area contributed by atoms with Crippen LogP contribution in [0.1, 0.15) is 23.6 Å². The van der Waals surface area contributed by atoms with Gasteiger partial charge in [-0.2, -0.15) is 0 Å². The predicted octanol–water partition coefficient (Wildman–Crippen LogP) is 3.86. The van der Waals surface area contributed by atoms with Gasteiger partial charge in [-0.25, -0.2) is 4.39 Å². The zero-order valence-electron chi connectivity index (χ0n) is 11.0. The van der Waals surface area contributed by atoms with Crippen molar-refractivity contribution >= 4 is 11.8 Å². The molecule has 4 heteroatoms. The van der Waals surface area contributed by atoms with E-state index in [0.717, 1.165) is 28.2 Å². The van der Waals surface area contributed by atoms with Crippen LogP contribution in [0.5, 0.6) is 5.75 Å². The van der Waals surface area contributed by atoms with Gasteiger partial charge in [-0.3, -0.25) is 0 Å². The third-order valence-corrected chi connectivity index (χ3v) is 4.66. The lowest BCUT2D eigenvalue weighted by Gasteiger charge is -2.26. The molecule has 0 saturated heterocycles. The van der Waals surface area contributed by atoms with Crippen LogP contribution in [0.2, 0.25) is 0 Å². The van der Waals surface area contributed by atoms with E-state index in [9.17, 15) is 9.50 Å². The number of hydrogen-bond donors (Lipinski definition) is 2. The summed E-state index contributed by atoms with van der Waals surface area (Å²) in [5, 5.41) is 13.2. The van der Waals surface area contributed by atoms with Crippen LogP contribution in [0, 0.1) is 5.82 Å². The van der Waals surface area contributed by atoms with Gasteiger partial charge in [-0.15, -0.1) is 11.8 Å². The fraction of sp³-hybridized carbons (Fsp3) is 0.250. The van der Waals surface area contributed by atoms with Gasteiger partial charge >= 0.3 is 0 Å². The van der Waals surface area contributed by atoms with E-state index in [1.807, 2.05) is 18.2 Å². The number of phenolic OH excluding ortho intramolecular Hbond substituents is 1. The van der Waals surface area contributed by atoms with Crippen molar-refractivity contribution in [1.29, 1.82) is 0 Å². The van der Waals surface area contributed by atoms with E-state index >= 15 is 0 Å². The second-order valence-electron chi connectivity index (χ2n) is 4.88. The lowest BCUT2D eigenvalue weighted by molar-refractivity contribution is 0.453. The Bertz CT molecular complexity index is 617. The molecule has 0 radical (unpaired) electrons. The number of thioether (sulfide) groups is 1. The number of aromatic hydroxyl groups is 1. The molecule has 0 spiro atoms. The average Bonchev–Trinajstić information content (AvgIpc) is 2.46. The molecule has 3 rings (SSSR count). The van der Waals surface area contributed by atoms with Crippen LogP contribution in [0.15, 0.2) is 47.4 Å². The minimum absolute atomic E-state index is 0.140. The third-order valence-electron chi connectivity index (χ3n) is 3.54. The van der Waals surface area contributed by atoms with Gasteiger partial charge in [0.1, 0.15) is 11.6 Å². The summed E-state index contributed by atoms with van der Waals surface area (Å²) in [4.78, 5) is 1.15. The fourth-order valence-electron chi connectivity index (χ4n) is 2.47. The van der Waals surface area contributed by atoms with Gasteiger partial charge in [-0.1, -0.05) is 18.2 Å². The van der Waals surface area contributed by atoms with Crippen molar-refractivity contribution in [3.63, 3.8) is 0 Å². The first kappa shape index (κ1) is 13.5. The lowest BCUT2D eigenvalue weighted by atomic mass is 10.0. The van der Waals surface area contributed by atoms with Crippen LogP contribution in [-0.4, -0.2) is 10.9 Å². The molecule has 1 aliphatic rings. The van der Waals surface area contributed by atoms with E-state index < -0.39 is 0 Å². The van der Waals surface area contributed by atoms with Gasteiger partial charge in [0.25, 0.3) is 0 Å². The second kappa shape index (κ2) is 5.85. The number of fused-ring (bicyclic) bond motifs is 1. The Hall–Kier alpha value is -1.52. The van der Waals surface area contributed by atoms with E-state index in [4.69, 9.17) is 0 Å². The van der Waals surface area contributed by atoms with Crippen molar-refractivity contribution in [1.82, 2.24) is 5.32 Å². The minimum Gasteiger partial charge on any atom is -0.508 e. The molecule has 1 heterocycles. The normalized spacial score (nSPS) is 17.8. The SMILES string of the molecule is Oc1ccccc1CNC1CCSc2ccc(F)cc21. The van der Waals surface area contributed by atoms with Crippen molar-refractivity contribution < 1.29 is 9.50 Å². The van der Waals surface area contributed by atoms with Crippen LogP contribution >= 0.6 is 11.8 Å². The molecule has 0 saturated carbocycles. The maximum absolute atomic E-state index is 13.4. The molecule has 2 N–H and O–H groups in total. The smallest absolute Gasteiger partial charge is 0.123 e. The highest BCUT2D eigenvalue weighted by molar-refractivity contribution is 7.99. The van der Waals surface area contributed by atoms with Crippen molar-refractivity contribution in [3.05, 3.63) is 59.4 Å². The van der Waals surface area contributed by atoms with E-state index in [0.29, 0.717) is 12.3 Å². The molecule has 104 valence electrons. The van der Waals surface area contributed by atoms with Crippen LogP contribution in [0.4, 0.5) is 4.39 Å². The summed E-state index contributed by atoms with van der Waals surface area (Å²) >= 11 is 1.77. The average molecular weight is 289 g/mol. The number of hydrogen-bond acceptors (Lipinski definition) is 3. The highest BCUT2D eigenvalue weighted by Gasteiger charge is 2.21. The van der Waals surface area contributed by atoms with Gasteiger partial charge in [0.2, 0.25) is 0 Å². The number of rotatable bonds is 3. The molecule has 0 fully saturated rings. The molecule has 2 aromatic carbocycles. The summed E-state index contributed by atoms with van der Waals surface area (Å²) in [6.07, 6.45) is 0.967. The Labute approximate surface area is 122 Å². The Morgan fingerprint density at radius 1 is 1.25 bits per heavy atom. The third kappa shape index (κ3) is 2.81. The van der Waals surface area contributed by atoms with E-state index in [1.54, 1.807) is 30.0 Å². The zero-order valence-corrected chi connectivity index (χ0v) is 11.8. The molecule has 0 aromatic heterocycles. The molecule has 1 aliphatic heterocycles. The summed E-state index contributed by atoms with van der Waals surface area (Å²) < 4.78 is 13.4. The molecular weight excluding hydrogens is 273 g/mol. The fourth-order valence-corrected chi connectivity index (χ4v) is 3.58. The first-order valence-electron chi connectivity index (χ1n) is 6.66. The van der Waals surface area contributed by atoms with E-state index in [-0.39, 0.29) is 11.9 Å². The second-order valence-corrected chi connectivity index (χ2v) is 6.02. The van der Waals surface area contributed by atoms with Gasteiger partial charge in [-0.05, 0) is 42.0 Å². The number of para-hydroxylation sites is 1. The highest BCUT2D eigenvalue weighted by Crippen LogP contribution is 2.36. The van der Waals surface area contributed by atoms with Gasteiger partial charge in [0, 0.05) is 23.0 Å². The van der Waals surface area contributed by atoms with Crippen molar-refractivity contribution in [2.24, 2.45) is 0 Å². The Balaban J connectivity index is 1.77. The molecule has 0 amide bonds. The topological polar surface area (TPSA) is 32.3 Å². The summed E-state index contributed by atoms with van der Waals surface area (Å²) in [7, 11) is 0. The number of halogens is 1. The number of nitrogens with one attached hydrogen (secondary N) is 1. The molecule has 0 bridgehead atoms. The van der Waals surface area contributed by atoms with Crippen LogP contribution in [0.3, 0.4) is 0 Å². The quantitative estimate of drug-likeness (QED) is 0.900. The van der Waals surface area contributed by atoms with Crippen LogP contribution < -0.4 is 5.32 Å². The molecular formula is C16H16FNOS. The molecule has 1 unspecified atom stereocenters. The van der Waals surface area contributed by atoms with Crippen molar-refractivity contribution in [3.8, 4) is 5.75 Å². The van der Waals surface area contributed by atoms with Crippen LogP contribution in [0.25, 0.3) is 0 Å². The largest absolute Gasteiger partial charge is 0.508 e. The Morgan fingerprint density at radius 3 is 2.95 bits per heavy atom. The summed E-state index contributed by atoms with van der Waals surface area (Å²) in [6, 6.07) is 12.4. The van der Waals surface area contributed by atoms with Crippen LogP contribution in [-0.2, 0) is 6.54 Å². The maximum Gasteiger partial charge on any atom is 0.123 e. The number of phenols is 1. The number of benzene rings is 2. The minimum atomic E-state index is -0.194. The maximum atomic E-state index is 13.4. The molecule has 2 aromatic rings. The monoisotopic (exact) mass is 289 g/mol. The zero-order chi connectivity index (χ0) is 13.9. The standard InChI is InChI=1S/C16H16FNOS/c17-12-5-6-16-13(9-12)14(7-8-20-16)18-10-11-3-1-2-4-15(11)19/h1-6,9,14,18-19H,7-8,10H2. The first-order chi connectivity index (χ1) is 9.74. The van der Waals surface area contributed by atoms with Gasteiger partial charge in [0.15, 0.2) is 0 Å². The highest BCUT2D eigenvalue weighted by atomic mass is 32.2. The van der Waals surface area contributed by atoms with E-state index in [1.165, 1.54) is 6.07 Å². The van der Waals surface area contributed by atoms with Crippen molar-refractivity contribution in [2.45, 2.75) is 23.9 Å². The Kier molecular flexibility index (Phi) is 3.94. The Morgan fingerprint density at radius 2 is 2.10 bits per heavy atom. The lowest BCUT2D eigenvalue weighted by Crippen LogP contribution is -2.24. The molecule has 1 atom stereocenters. The predicted molar refractivity (Wildman–Crippen MR) is 79.4 cm³/mol. The summed E-state index contributed by atoms with van der Waals surface area (Å²) in [6.45, 7) is 0.581. The van der Waals surface area contributed by atoms with Gasteiger partial charge in [0.05, 0.1) is 0 Å².